The van der Waals surface area contributed by atoms with E-state index in [2.05, 4.69) is 34.8 Å². The van der Waals surface area contributed by atoms with Gasteiger partial charge < -0.3 is 9.88 Å². The van der Waals surface area contributed by atoms with Crippen molar-refractivity contribution in [3.63, 3.8) is 0 Å². The zero-order valence-corrected chi connectivity index (χ0v) is 10.8. The molecular weight excluding hydrogens is 212 g/mol. The van der Waals surface area contributed by atoms with Crippen LogP contribution in [-0.2, 0) is 13.0 Å². The maximum Gasteiger partial charge on any atom is 0.108 e. The molecule has 4 heteroatoms. The van der Waals surface area contributed by atoms with E-state index in [9.17, 15) is 0 Å². The Morgan fingerprint density at radius 2 is 2.29 bits per heavy atom. The first-order valence-electron chi connectivity index (χ1n) is 6.44. The Morgan fingerprint density at radius 3 is 2.94 bits per heavy atom. The molecule has 1 rings (SSSR count). The van der Waals surface area contributed by atoms with Gasteiger partial charge in [-0.3, -0.25) is 0 Å². The van der Waals surface area contributed by atoms with Gasteiger partial charge in [0.05, 0.1) is 12.1 Å². The standard InChI is InChI=1S/C13H22N4/c1-3-5-13-16-8-10-17(13)9-6-12(11-14)15-7-4-2/h8,10,12,15H,3-7,9H2,1-2H3. The maximum absolute atomic E-state index is 9.02. The lowest BCUT2D eigenvalue weighted by Gasteiger charge is -2.12. The number of nitriles is 1. The first-order valence-corrected chi connectivity index (χ1v) is 6.44. The summed E-state index contributed by atoms with van der Waals surface area (Å²) in [4.78, 5) is 4.33. The second-order valence-electron chi connectivity index (χ2n) is 4.21. The Kier molecular flexibility index (Phi) is 6.34. The van der Waals surface area contributed by atoms with Crippen LogP contribution in [0.1, 0.15) is 38.9 Å². The lowest BCUT2D eigenvalue weighted by molar-refractivity contribution is 0.506. The van der Waals surface area contributed by atoms with Gasteiger partial charge in [-0.25, -0.2) is 4.98 Å². The number of aryl methyl sites for hydroxylation is 2. The Balaban J connectivity index is 2.42. The minimum Gasteiger partial charge on any atom is -0.335 e. The lowest BCUT2D eigenvalue weighted by atomic mass is 10.2. The monoisotopic (exact) mass is 234 g/mol. The molecule has 0 saturated carbocycles. The zero-order chi connectivity index (χ0) is 12.5. The largest absolute Gasteiger partial charge is 0.335 e. The minimum absolute atomic E-state index is 0.0492. The molecular formula is C13H22N4. The molecule has 1 heterocycles. The summed E-state index contributed by atoms with van der Waals surface area (Å²) in [5.41, 5.74) is 0. The summed E-state index contributed by atoms with van der Waals surface area (Å²) in [5, 5.41) is 12.3. The van der Waals surface area contributed by atoms with Gasteiger partial charge in [0.2, 0.25) is 0 Å². The van der Waals surface area contributed by atoms with E-state index >= 15 is 0 Å². The van der Waals surface area contributed by atoms with Gasteiger partial charge in [0.25, 0.3) is 0 Å². The Labute approximate surface area is 104 Å². The molecule has 0 spiro atoms. The fraction of sp³-hybridized carbons (Fsp3) is 0.692. The molecule has 0 fully saturated rings. The fourth-order valence-corrected chi connectivity index (χ4v) is 1.79. The Morgan fingerprint density at radius 1 is 1.47 bits per heavy atom. The van der Waals surface area contributed by atoms with E-state index in [4.69, 9.17) is 5.26 Å². The molecule has 17 heavy (non-hydrogen) atoms. The topological polar surface area (TPSA) is 53.6 Å². The zero-order valence-electron chi connectivity index (χ0n) is 10.8. The number of nitrogens with one attached hydrogen (secondary N) is 1. The molecule has 1 atom stereocenters. The molecule has 0 saturated heterocycles. The van der Waals surface area contributed by atoms with E-state index in [0.717, 1.165) is 44.6 Å². The number of hydrogen-bond donors (Lipinski definition) is 1. The molecule has 0 aromatic carbocycles. The van der Waals surface area contributed by atoms with Crippen LogP contribution in [0.5, 0.6) is 0 Å². The third-order valence-corrected chi connectivity index (χ3v) is 2.73. The molecule has 1 aromatic heterocycles. The average Bonchev–Trinajstić information content (AvgIpc) is 2.78. The molecule has 0 aliphatic heterocycles. The van der Waals surface area contributed by atoms with Crippen LogP contribution in [-0.4, -0.2) is 22.1 Å². The van der Waals surface area contributed by atoms with E-state index in [1.54, 1.807) is 0 Å². The van der Waals surface area contributed by atoms with Crippen LogP contribution in [0.4, 0.5) is 0 Å². The van der Waals surface area contributed by atoms with Gasteiger partial charge in [0.15, 0.2) is 0 Å². The predicted molar refractivity (Wildman–Crippen MR) is 68.5 cm³/mol. The maximum atomic E-state index is 9.02. The van der Waals surface area contributed by atoms with Crippen molar-refractivity contribution < 1.29 is 0 Å². The van der Waals surface area contributed by atoms with Crippen LogP contribution in [0, 0.1) is 11.3 Å². The summed E-state index contributed by atoms with van der Waals surface area (Å²) >= 11 is 0. The molecule has 0 aliphatic carbocycles. The van der Waals surface area contributed by atoms with Gasteiger partial charge >= 0.3 is 0 Å². The summed E-state index contributed by atoms with van der Waals surface area (Å²) < 4.78 is 2.15. The van der Waals surface area contributed by atoms with Crippen LogP contribution in [0.3, 0.4) is 0 Å². The number of imidazole rings is 1. The lowest BCUT2D eigenvalue weighted by Crippen LogP contribution is -2.29. The Bertz CT molecular complexity index is 351. The van der Waals surface area contributed by atoms with Crippen molar-refractivity contribution in [2.75, 3.05) is 6.54 Å². The number of rotatable bonds is 8. The smallest absolute Gasteiger partial charge is 0.108 e. The third kappa shape index (κ3) is 4.58. The van der Waals surface area contributed by atoms with Crippen molar-refractivity contribution in [3.8, 4) is 6.07 Å². The predicted octanol–water partition coefficient (Wildman–Crippen LogP) is 2.12. The van der Waals surface area contributed by atoms with Gasteiger partial charge in [-0.05, 0) is 25.8 Å². The van der Waals surface area contributed by atoms with Gasteiger partial charge in [-0.15, -0.1) is 0 Å². The summed E-state index contributed by atoms with van der Waals surface area (Å²) in [6, 6.07) is 2.26. The Hall–Kier alpha value is -1.34. The van der Waals surface area contributed by atoms with Crippen molar-refractivity contribution in [3.05, 3.63) is 18.2 Å². The van der Waals surface area contributed by atoms with Crippen LogP contribution in [0.15, 0.2) is 12.4 Å². The van der Waals surface area contributed by atoms with Gasteiger partial charge in [0.1, 0.15) is 5.82 Å². The molecule has 94 valence electrons. The molecule has 1 aromatic rings. The van der Waals surface area contributed by atoms with Crippen LogP contribution >= 0.6 is 0 Å². The quantitative estimate of drug-likeness (QED) is 0.749. The van der Waals surface area contributed by atoms with E-state index < -0.39 is 0 Å². The van der Waals surface area contributed by atoms with E-state index in [0.29, 0.717) is 0 Å². The average molecular weight is 234 g/mol. The second kappa shape index (κ2) is 7.86. The molecule has 0 aliphatic rings. The highest BCUT2D eigenvalue weighted by molar-refractivity contribution is 4.95. The highest BCUT2D eigenvalue weighted by atomic mass is 15.1. The second-order valence-corrected chi connectivity index (χ2v) is 4.21. The molecule has 0 amide bonds. The fourth-order valence-electron chi connectivity index (χ4n) is 1.79. The summed E-state index contributed by atoms with van der Waals surface area (Å²) in [5.74, 6) is 1.12. The highest BCUT2D eigenvalue weighted by Gasteiger charge is 2.07. The third-order valence-electron chi connectivity index (χ3n) is 2.73. The van der Waals surface area contributed by atoms with Gasteiger partial charge in [0, 0.05) is 25.4 Å². The summed E-state index contributed by atoms with van der Waals surface area (Å²) in [6.45, 7) is 6.03. The molecule has 1 N–H and O–H groups in total. The van der Waals surface area contributed by atoms with Crippen molar-refractivity contribution >= 4 is 0 Å². The van der Waals surface area contributed by atoms with Gasteiger partial charge in [-0.1, -0.05) is 13.8 Å². The van der Waals surface area contributed by atoms with E-state index in [-0.39, 0.29) is 6.04 Å². The first kappa shape index (κ1) is 13.7. The molecule has 4 nitrogen and oxygen atoms in total. The van der Waals surface area contributed by atoms with Crippen molar-refractivity contribution in [1.29, 1.82) is 5.26 Å². The number of hydrogen-bond acceptors (Lipinski definition) is 3. The van der Waals surface area contributed by atoms with E-state index in [1.807, 2.05) is 12.4 Å². The summed E-state index contributed by atoms with van der Waals surface area (Å²) in [7, 11) is 0. The van der Waals surface area contributed by atoms with Crippen LogP contribution < -0.4 is 5.32 Å². The van der Waals surface area contributed by atoms with E-state index in [1.165, 1.54) is 0 Å². The van der Waals surface area contributed by atoms with Crippen molar-refractivity contribution in [2.24, 2.45) is 0 Å². The molecule has 0 bridgehead atoms. The van der Waals surface area contributed by atoms with Crippen molar-refractivity contribution in [1.82, 2.24) is 14.9 Å². The van der Waals surface area contributed by atoms with Crippen LogP contribution in [0.25, 0.3) is 0 Å². The van der Waals surface area contributed by atoms with Crippen molar-refractivity contribution in [2.45, 2.75) is 52.1 Å². The SMILES string of the molecule is CCCNC(C#N)CCn1ccnc1CCC. The summed E-state index contributed by atoms with van der Waals surface area (Å²) in [6.07, 6.45) is 7.85. The van der Waals surface area contributed by atoms with Crippen LogP contribution in [0.2, 0.25) is 0 Å². The first-order chi connectivity index (χ1) is 8.31. The minimum atomic E-state index is -0.0492. The molecule has 1 unspecified atom stereocenters. The normalized spacial score (nSPS) is 12.3. The number of aromatic nitrogens is 2. The number of nitrogens with zero attached hydrogens (tertiary/aromatic N) is 3. The highest BCUT2D eigenvalue weighted by Crippen LogP contribution is 2.04. The van der Waals surface area contributed by atoms with Gasteiger partial charge in [-0.2, -0.15) is 5.26 Å². The molecule has 0 radical (unpaired) electrons.